The van der Waals surface area contributed by atoms with Gasteiger partial charge in [-0.2, -0.15) is 0 Å². The summed E-state index contributed by atoms with van der Waals surface area (Å²) in [6, 6.07) is 7.49. The Bertz CT molecular complexity index is 639. The average molecular weight is 332 g/mol. The van der Waals surface area contributed by atoms with Gasteiger partial charge < -0.3 is 14.8 Å². The molecule has 6 heteroatoms. The summed E-state index contributed by atoms with van der Waals surface area (Å²) < 4.78 is 11.0. The molecule has 122 valence electrons. The molecular formula is C17H20N2O3S. The summed E-state index contributed by atoms with van der Waals surface area (Å²) in [5.41, 5.74) is 0.562. The molecule has 3 rings (SSSR count). The van der Waals surface area contributed by atoms with Gasteiger partial charge in [-0.05, 0) is 17.5 Å². The van der Waals surface area contributed by atoms with Crippen LogP contribution in [-0.2, 0) is 4.74 Å². The van der Waals surface area contributed by atoms with Crippen molar-refractivity contribution in [3.05, 3.63) is 46.3 Å². The van der Waals surface area contributed by atoms with Crippen LogP contribution in [0.3, 0.4) is 0 Å². The molecule has 5 nitrogen and oxygen atoms in total. The number of carbonyl (C=O) groups excluding carboxylic acids is 1. The van der Waals surface area contributed by atoms with Gasteiger partial charge in [0.25, 0.3) is 5.91 Å². The van der Waals surface area contributed by atoms with Crippen molar-refractivity contribution in [2.75, 3.05) is 19.8 Å². The van der Waals surface area contributed by atoms with Crippen molar-refractivity contribution in [3.63, 3.8) is 0 Å². The van der Waals surface area contributed by atoms with Gasteiger partial charge in [-0.25, -0.2) is 4.98 Å². The summed E-state index contributed by atoms with van der Waals surface area (Å²) in [6.07, 6.45) is 2.48. The Kier molecular flexibility index (Phi) is 5.25. The van der Waals surface area contributed by atoms with Crippen molar-refractivity contribution < 1.29 is 14.3 Å². The molecule has 0 unspecified atom stereocenters. The van der Waals surface area contributed by atoms with Crippen LogP contribution in [0.15, 0.2) is 35.8 Å². The van der Waals surface area contributed by atoms with Gasteiger partial charge in [0, 0.05) is 41.6 Å². The second kappa shape index (κ2) is 7.57. The third-order valence-corrected chi connectivity index (χ3v) is 4.87. The molecule has 1 amide bonds. The van der Waals surface area contributed by atoms with E-state index in [4.69, 9.17) is 9.47 Å². The minimum absolute atomic E-state index is 0.0275. The molecule has 3 heterocycles. The van der Waals surface area contributed by atoms with Gasteiger partial charge in [0.15, 0.2) is 0 Å². The molecule has 1 saturated heterocycles. The lowest BCUT2D eigenvalue weighted by atomic mass is 10.1. The van der Waals surface area contributed by atoms with Gasteiger partial charge in [0.2, 0.25) is 5.88 Å². The Labute approximate surface area is 139 Å². The van der Waals surface area contributed by atoms with E-state index in [1.54, 1.807) is 29.7 Å². The van der Waals surface area contributed by atoms with Crippen molar-refractivity contribution in [1.82, 2.24) is 10.3 Å². The van der Waals surface area contributed by atoms with E-state index in [0.29, 0.717) is 37.1 Å². The van der Waals surface area contributed by atoms with Crippen molar-refractivity contribution in [1.29, 1.82) is 0 Å². The average Bonchev–Trinajstić information content (AvgIpc) is 3.26. The molecule has 1 aliphatic heterocycles. The maximum Gasteiger partial charge on any atom is 0.251 e. The van der Waals surface area contributed by atoms with Crippen LogP contribution in [-0.4, -0.2) is 36.8 Å². The Balaban J connectivity index is 1.56. The number of rotatable bonds is 6. The maximum atomic E-state index is 12.3. The number of hydrogen-bond donors (Lipinski definition) is 1. The minimum Gasteiger partial charge on any atom is -0.472 e. The lowest BCUT2D eigenvalue weighted by Crippen LogP contribution is -2.27. The molecule has 2 aromatic rings. The van der Waals surface area contributed by atoms with Crippen molar-refractivity contribution in [2.24, 2.45) is 0 Å². The van der Waals surface area contributed by atoms with E-state index < -0.39 is 0 Å². The van der Waals surface area contributed by atoms with E-state index in [0.717, 1.165) is 6.42 Å². The number of amides is 1. The minimum atomic E-state index is -0.108. The topological polar surface area (TPSA) is 60.5 Å². The van der Waals surface area contributed by atoms with Crippen LogP contribution in [0.4, 0.5) is 0 Å². The molecule has 0 spiro atoms. The summed E-state index contributed by atoms with van der Waals surface area (Å²) in [5, 5.41) is 5.02. The zero-order valence-corrected chi connectivity index (χ0v) is 13.8. The molecule has 0 bridgehead atoms. The number of nitrogens with zero attached hydrogens (tertiary/aromatic N) is 1. The van der Waals surface area contributed by atoms with Gasteiger partial charge in [0.1, 0.15) is 6.10 Å². The molecule has 0 saturated carbocycles. The summed E-state index contributed by atoms with van der Waals surface area (Å²) in [4.78, 5) is 17.7. The molecule has 23 heavy (non-hydrogen) atoms. The standard InChI is InChI=1S/C17H20N2O3S/c1-12(15-3-2-8-23-15)10-19-17(20)13-4-6-18-16(9-13)22-14-5-7-21-11-14/h2-4,6,8-9,12,14H,5,7,10-11H2,1H3,(H,19,20)/t12-,14-/m0/s1. The van der Waals surface area contributed by atoms with Crippen molar-refractivity contribution in [2.45, 2.75) is 25.4 Å². The van der Waals surface area contributed by atoms with E-state index in [2.05, 4.69) is 23.3 Å². The zero-order valence-electron chi connectivity index (χ0n) is 13.0. The number of hydrogen-bond acceptors (Lipinski definition) is 5. The number of pyridine rings is 1. The van der Waals surface area contributed by atoms with Gasteiger partial charge >= 0.3 is 0 Å². The smallest absolute Gasteiger partial charge is 0.251 e. The Morgan fingerprint density at radius 2 is 2.48 bits per heavy atom. The molecule has 1 N–H and O–H groups in total. The SMILES string of the molecule is C[C@@H](CNC(=O)c1ccnc(O[C@H]2CCOC2)c1)c1cccs1. The van der Waals surface area contributed by atoms with Crippen molar-refractivity contribution in [3.8, 4) is 5.88 Å². The fraction of sp³-hybridized carbons (Fsp3) is 0.412. The van der Waals surface area contributed by atoms with Crippen LogP contribution in [0, 0.1) is 0 Å². The molecule has 1 aliphatic rings. The number of aromatic nitrogens is 1. The first-order chi connectivity index (χ1) is 11.2. The second-order valence-electron chi connectivity index (χ2n) is 5.61. The predicted molar refractivity (Wildman–Crippen MR) is 89.2 cm³/mol. The lowest BCUT2D eigenvalue weighted by Gasteiger charge is -2.13. The number of carbonyl (C=O) groups is 1. The number of nitrogens with one attached hydrogen (secondary N) is 1. The molecular weight excluding hydrogens is 312 g/mol. The molecule has 0 aromatic carbocycles. The first-order valence-electron chi connectivity index (χ1n) is 7.74. The third-order valence-electron chi connectivity index (χ3n) is 3.77. The molecule has 0 radical (unpaired) electrons. The van der Waals surface area contributed by atoms with E-state index in [-0.39, 0.29) is 12.0 Å². The molecule has 1 fully saturated rings. The first kappa shape index (κ1) is 16.0. The monoisotopic (exact) mass is 332 g/mol. The molecule has 0 aliphatic carbocycles. The highest BCUT2D eigenvalue weighted by molar-refractivity contribution is 7.10. The second-order valence-corrected chi connectivity index (χ2v) is 6.59. The Morgan fingerprint density at radius 1 is 1.57 bits per heavy atom. The number of ether oxygens (including phenoxy) is 2. The fourth-order valence-corrected chi connectivity index (χ4v) is 3.20. The number of thiophene rings is 1. The van der Waals surface area contributed by atoms with E-state index in [1.807, 2.05) is 11.4 Å². The van der Waals surface area contributed by atoms with Gasteiger partial charge in [0.05, 0.1) is 13.2 Å². The van der Waals surface area contributed by atoms with E-state index in [1.165, 1.54) is 4.88 Å². The highest BCUT2D eigenvalue weighted by Crippen LogP contribution is 2.20. The van der Waals surface area contributed by atoms with Crippen LogP contribution in [0.25, 0.3) is 0 Å². The Hall–Kier alpha value is -1.92. The van der Waals surface area contributed by atoms with Crippen LogP contribution in [0.2, 0.25) is 0 Å². The highest BCUT2D eigenvalue weighted by Gasteiger charge is 2.18. The molecule has 2 aromatic heterocycles. The summed E-state index contributed by atoms with van der Waals surface area (Å²) >= 11 is 1.71. The largest absolute Gasteiger partial charge is 0.472 e. The maximum absolute atomic E-state index is 12.3. The first-order valence-corrected chi connectivity index (χ1v) is 8.62. The van der Waals surface area contributed by atoms with E-state index in [9.17, 15) is 4.79 Å². The van der Waals surface area contributed by atoms with Crippen LogP contribution in [0.5, 0.6) is 5.88 Å². The zero-order chi connectivity index (χ0) is 16.1. The molecule has 2 atom stereocenters. The summed E-state index contributed by atoms with van der Waals surface area (Å²) in [5.74, 6) is 0.662. The normalized spacial score (nSPS) is 18.6. The quantitative estimate of drug-likeness (QED) is 0.884. The lowest BCUT2D eigenvalue weighted by molar-refractivity contribution is 0.0950. The van der Waals surface area contributed by atoms with Crippen LogP contribution >= 0.6 is 11.3 Å². The van der Waals surface area contributed by atoms with E-state index >= 15 is 0 Å². The third kappa shape index (κ3) is 4.30. The Morgan fingerprint density at radius 3 is 3.22 bits per heavy atom. The van der Waals surface area contributed by atoms with Gasteiger partial charge in [-0.15, -0.1) is 11.3 Å². The fourth-order valence-electron chi connectivity index (χ4n) is 2.41. The van der Waals surface area contributed by atoms with Crippen molar-refractivity contribution >= 4 is 17.2 Å². The van der Waals surface area contributed by atoms with Gasteiger partial charge in [-0.1, -0.05) is 13.0 Å². The summed E-state index contributed by atoms with van der Waals surface area (Å²) in [7, 11) is 0. The highest BCUT2D eigenvalue weighted by atomic mass is 32.1. The van der Waals surface area contributed by atoms with Gasteiger partial charge in [-0.3, -0.25) is 4.79 Å². The predicted octanol–water partition coefficient (Wildman–Crippen LogP) is 2.84. The van der Waals surface area contributed by atoms with Crippen LogP contribution < -0.4 is 10.1 Å². The summed E-state index contributed by atoms with van der Waals surface area (Å²) in [6.45, 7) is 4.00. The van der Waals surface area contributed by atoms with Crippen LogP contribution in [0.1, 0.15) is 34.5 Å².